The Balaban J connectivity index is 2.18. The highest BCUT2D eigenvalue weighted by Gasteiger charge is 2.30. The lowest BCUT2D eigenvalue weighted by molar-refractivity contribution is -0.385. The van der Waals surface area contributed by atoms with Gasteiger partial charge in [0.05, 0.1) is 10.8 Å². The summed E-state index contributed by atoms with van der Waals surface area (Å²) in [6.07, 6.45) is 4.87. The molecule has 0 aliphatic heterocycles. The molecule has 2 N–H and O–H groups in total. The van der Waals surface area contributed by atoms with Crippen molar-refractivity contribution in [3.63, 3.8) is 0 Å². The molecule has 0 aromatic heterocycles. The van der Waals surface area contributed by atoms with Crippen LogP contribution in [0.1, 0.15) is 54.4 Å². The van der Waals surface area contributed by atoms with Crippen molar-refractivity contribution in [1.29, 1.82) is 0 Å². The Kier molecular flexibility index (Phi) is 5.89. The third-order valence-electron chi connectivity index (χ3n) is 4.57. The molecule has 1 aromatic rings. The molecule has 0 bridgehead atoms. The van der Waals surface area contributed by atoms with Crippen LogP contribution in [-0.4, -0.2) is 27.9 Å². The number of aliphatic carboxylic acids is 1. The molecule has 1 aliphatic rings. The molecular formula is C17H22N2O5. The predicted molar refractivity (Wildman–Crippen MR) is 87.9 cm³/mol. The SMILES string of the molecule is Cc1ccc(C(=O)NC2CCCCCCC2C(=O)O)cc1[N+](=O)[O-]. The first kappa shape index (κ1) is 17.9. The average Bonchev–Trinajstić information content (AvgIpc) is 2.49. The molecule has 2 atom stereocenters. The predicted octanol–water partition coefficient (Wildman–Crippen LogP) is 3.06. The Bertz CT molecular complexity index is 644. The standard InChI is InChI=1S/C17H22N2O5/c1-11-8-9-12(10-15(11)19(23)24)16(20)18-14-7-5-3-2-4-6-13(14)17(21)22/h8-10,13-14H,2-7H2,1H3,(H,18,20)(H,21,22). The second-order valence-electron chi connectivity index (χ2n) is 6.27. The average molecular weight is 334 g/mol. The van der Waals surface area contributed by atoms with Crippen molar-refractivity contribution in [2.24, 2.45) is 5.92 Å². The maximum absolute atomic E-state index is 12.4. The zero-order chi connectivity index (χ0) is 17.7. The quantitative estimate of drug-likeness (QED) is 0.649. The smallest absolute Gasteiger partial charge is 0.308 e. The Hall–Kier alpha value is -2.44. The minimum Gasteiger partial charge on any atom is -0.481 e. The molecule has 7 nitrogen and oxygen atoms in total. The first-order valence-corrected chi connectivity index (χ1v) is 8.19. The Morgan fingerprint density at radius 1 is 1.21 bits per heavy atom. The normalized spacial score (nSPS) is 21.4. The summed E-state index contributed by atoms with van der Waals surface area (Å²) in [6, 6.07) is 3.84. The van der Waals surface area contributed by atoms with E-state index in [1.807, 2.05) is 0 Å². The maximum Gasteiger partial charge on any atom is 0.308 e. The number of hydrogen-bond acceptors (Lipinski definition) is 4. The van der Waals surface area contributed by atoms with Crippen LogP contribution < -0.4 is 5.32 Å². The third kappa shape index (κ3) is 4.31. The number of nitrogens with zero attached hydrogens (tertiary/aromatic N) is 1. The number of rotatable bonds is 4. The third-order valence-corrected chi connectivity index (χ3v) is 4.57. The zero-order valence-corrected chi connectivity index (χ0v) is 13.7. The van der Waals surface area contributed by atoms with E-state index < -0.39 is 28.8 Å². The summed E-state index contributed by atoms with van der Waals surface area (Å²) >= 11 is 0. The van der Waals surface area contributed by atoms with Crippen molar-refractivity contribution in [2.75, 3.05) is 0 Å². The van der Waals surface area contributed by atoms with Gasteiger partial charge in [-0.2, -0.15) is 0 Å². The number of aryl methyl sites for hydroxylation is 1. The van der Waals surface area contributed by atoms with E-state index in [-0.39, 0.29) is 11.3 Å². The number of nitro benzene ring substituents is 1. The molecule has 2 rings (SSSR count). The van der Waals surface area contributed by atoms with Gasteiger partial charge in [0.15, 0.2) is 0 Å². The summed E-state index contributed by atoms with van der Waals surface area (Å²) in [5.74, 6) is -1.98. The van der Waals surface area contributed by atoms with Gasteiger partial charge in [-0.25, -0.2) is 0 Å². The number of carbonyl (C=O) groups is 2. The molecule has 1 amide bonds. The number of nitro groups is 1. The first-order valence-electron chi connectivity index (χ1n) is 8.19. The molecule has 1 saturated carbocycles. The number of hydrogen-bond donors (Lipinski definition) is 2. The van der Waals surface area contributed by atoms with Gasteiger partial charge < -0.3 is 10.4 Å². The molecule has 0 heterocycles. The Labute approximate surface area is 140 Å². The van der Waals surface area contributed by atoms with Gasteiger partial charge in [-0.3, -0.25) is 19.7 Å². The highest BCUT2D eigenvalue weighted by Crippen LogP contribution is 2.24. The first-order chi connectivity index (χ1) is 11.4. The molecule has 130 valence electrons. The zero-order valence-electron chi connectivity index (χ0n) is 13.7. The van der Waals surface area contributed by atoms with Crippen LogP contribution in [0.5, 0.6) is 0 Å². The number of carboxylic acids is 1. The van der Waals surface area contributed by atoms with E-state index in [9.17, 15) is 24.8 Å². The molecule has 0 spiro atoms. The molecule has 2 unspecified atom stereocenters. The number of benzene rings is 1. The Morgan fingerprint density at radius 2 is 1.88 bits per heavy atom. The summed E-state index contributed by atoms with van der Waals surface area (Å²) in [6.45, 7) is 1.61. The van der Waals surface area contributed by atoms with Gasteiger partial charge in [0.1, 0.15) is 0 Å². The van der Waals surface area contributed by atoms with Crippen LogP contribution in [0.15, 0.2) is 18.2 Å². The molecule has 0 saturated heterocycles. The van der Waals surface area contributed by atoms with E-state index >= 15 is 0 Å². The van der Waals surface area contributed by atoms with Crippen LogP contribution in [0.3, 0.4) is 0 Å². The highest BCUT2D eigenvalue weighted by atomic mass is 16.6. The Morgan fingerprint density at radius 3 is 2.50 bits per heavy atom. The van der Waals surface area contributed by atoms with E-state index in [4.69, 9.17) is 0 Å². The van der Waals surface area contributed by atoms with Crippen LogP contribution in [-0.2, 0) is 4.79 Å². The van der Waals surface area contributed by atoms with Crippen molar-refractivity contribution < 1.29 is 19.6 Å². The summed E-state index contributed by atoms with van der Waals surface area (Å²) in [5.41, 5.74) is 0.541. The van der Waals surface area contributed by atoms with Crippen molar-refractivity contribution in [1.82, 2.24) is 5.32 Å². The van der Waals surface area contributed by atoms with E-state index in [1.165, 1.54) is 18.2 Å². The molecular weight excluding hydrogens is 312 g/mol. The van der Waals surface area contributed by atoms with Crippen molar-refractivity contribution in [3.8, 4) is 0 Å². The molecule has 1 aliphatic carbocycles. The monoisotopic (exact) mass is 334 g/mol. The second-order valence-corrected chi connectivity index (χ2v) is 6.27. The van der Waals surface area contributed by atoms with Gasteiger partial charge in [0, 0.05) is 23.2 Å². The van der Waals surface area contributed by atoms with Gasteiger partial charge in [-0.05, 0) is 25.8 Å². The fraction of sp³-hybridized carbons (Fsp3) is 0.529. The van der Waals surface area contributed by atoms with Crippen LogP contribution in [0.25, 0.3) is 0 Å². The van der Waals surface area contributed by atoms with Crippen LogP contribution in [0.2, 0.25) is 0 Å². The minimum absolute atomic E-state index is 0.116. The van der Waals surface area contributed by atoms with Crippen LogP contribution >= 0.6 is 0 Å². The minimum atomic E-state index is -0.905. The van der Waals surface area contributed by atoms with Crippen LogP contribution in [0, 0.1) is 23.0 Å². The number of carboxylic acid groups (broad SMARTS) is 1. The summed E-state index contributed by atoms with van der Waals surface area (Å²) in [4.78, 5) is 34.4. The molecule has 24 heavy (non-hydrogen) atoms. The summed E-state index contributed by atoms with van der Waals surface area (Å²) in [7, 11) is 0. The van der Waals surface area contributed by atoms with Crippen molar-refractivity contribution in [3.05, 3.63) is 39.4 Å². The second kappa shape index (κ2) is 7.90. The van der Waals surface area contributed by atoms with Gasteiger partial charge in [0.25, 0.3) is 11.6 Å². The van der Waals surface area contributed by atoms with Crippen LogP contribution in [0.4, 0.5) is 5.69 Å². The lowest BCUT2D eigenvalue weighted by Gasteiger charge is -2.27. The molecule has 0 radical (unpaired) electrons. The number of carbonyl (C=O) groups excluding carboxylic acids is 1. The van der Waals surface area contributed by atoms with E-state index in [2.05, 4.69) is 5.32 Å². The maximum atomic E-state index is 12.4. The van der Waals surface area contributed by atoms with Gasteiger partial charge >= 0.3 is 5.97 Å². The van der Waals surface area contributed by atoms with Crippen molar-refractivity contribution in [2.45, 2.75) is 51.5 Å². The number of nitrogens with one attached hydrogen (secondary N) is 1. The lowest BCUT2D eigenvalue weighted by Crippen LogP contribution is -2.43. The van der Waals surface area contributed by atoms with E-state index in [1.54, 1.807) is 6.92 Å². The van der Waals surface area contributed by atoms with Crippen molar-refractivity contribution >= 4 is 17.6 Å². The molecule has 1 fully saturated rings. The van der Waals surface area contributed by atoms with E-state index in [0.29, 0.717) is 18.4 Å². The largest absolute Gasteiger partial charge is 0.481 e. The fourth-order valence-corrected chi connectivity index (χ4v) is 3.15. The molecule has 7 heteroatoms. The van der Waals surface area contributed by atoms with Gasteiger partial charge in [0.2, 0.25) is 0 Å². The fourth-order valence-electron chi connectivity index (χ4n) is 3.15. The van der Waals surface area contributed by atoms with Gasteiger partial charge in [-0.15, -0.1) is 0 Å². The number of amides is 1. The summed E-state index contributed by atoms with van der Waals surface area (Å²) in [5, 5.41) is 23.2. The summed E-state index contributed by atoms with van der Waals surface area (Å²) < 4.78 is 0. The molecule has 1 aromatic carbocycles. The van der Waals surface area contributed by atoms with E-state index in [0.717, 1.165) is 25.7 Å². The lowest BCUT2D eigenvalue weighted by atomic mass is 9.86. The van der Waals surface area contributed by atoms with Gasteiger partial charge in [-0.1, -0.05) is 31.7 Å². The topological polar surface area (TPSA) is 110 Å². The highest BCUT2D eigenvalue weighted by molar-refractivity contribution is 5.95.